The van der Waals surface area contributed by atoms with E-state index in [0.717, 1.165) is 51.4 Å². The minimum absolute atomic E-state index is 0.289. The molecule has 1 saturated carbocycles. The molecule has 5 atom stereocenters. The van der Waals surface area contributed by atoms with Crippen LogP contribution in [0.1, 0.15) is 98.3 Å². The van der Waals surface area contributed by atoms with Crippen LogP contribution < -0.4 is 0 Å². The Kier molecular flexibility index (Phi) is 13.2. The van der Waals surface area contributed by atoms with E-state index in [1.54, 1.807) is 0 Å². The van der Waals surface area contributed by atoms with Crippen LogP contribution in [0.25, 0.3) is 0 Å². The van der Waals surface area contributed by atoms with E-state index >= 15 is 0 Å². The summed E-state index contributed by atoms with van der Waals surface area (Å²) in [6, 6.07) is 0. The molecule has 0 aliphatic heterocycles. The molecule has 1 fully saturated rings. The number of hydrogen-bond donors (Lipinski definition) is 1. The Balaban J connectivity index is 2.62. The van der Waals surface area contributed by atoms with Gasteiger partial charge in [-0.1, -0.05) is 66.2 Å². The summed E-state index contributed by atoms with van der Waals surface area (Å²) < 4.78 is 11.2. The van der Waals surface area contributed by atoms with E-state index in [-0.39, 0.29) is 18.4 Å². The van der Waals surface area contributed by atoms with Crippen LogP contribution in [0.15, 0.2) is 0 Å². The van der Waals surface area contributed by atoms with Gasteiger partial charge in [-0.3, -0.25) is 9.59 Å². The quantitative estimate of drug-likeness (QED) is 0.393. The van der Waals surface area contributed by atoms with E-state index in [1.165, 1.54) is 0 Å². The predicted molar refractivity (Wildman–Crippen MR) is 115 cm³/mol. The summed E-state index contributed by atoms with van der Waals surface area (Å²) in [4.78, 5) is 25.5. The van der Waals surface area contributed by atoms with Gasteiger partial charge in [-0.15, -0.1) is 0 Å². The predicted octanol–water partition coefficient (Wildman–Crippen LogP) is 5.28. The zero-order valence-corrected chi connectivity index (χ0v) is 19.2. The maximum absolute atomic E-state index is 12.7. The number of unbranched alkanes of at least 4 members (excludes halogenated alkanes) is 2. The molecule has 170 valence electrons. The maximum Gasteiger partial charge on any atom is 0.309 e. The van der Waals surface area contributed by atoms with Gasteiger partial charge in [0.1, 0.15) is 0 Å². The van der Waals surface area contributed by atoms with Crippen molar-refractivity contribution in [3.63, 3.8) is 0 Å². The van der Waals surface area contributed by atoms with Crippen molar-refractivity contribution in [3.05, 3.63) is 0 Å². The number of aliphatic hydroxyl groups excluding tert-OH is 1. The smallest absolute Gasteiger partial charge is 0.309 e. The van der Waals surface area contributed by atoms with Crippen LogP contribution in [0.5, 0.6) is 0 Å². The highest BCUT2D eigenvalue weighted by atomic mass is 16.5. The summed E-state index contributed by atoms with van der Waals surface area (Å²) in [6.07, 6.45) is 9.36. The molecule has 5 heteroatoms. The number of esters is 2. The fourth-order valence-corrected chi connectivity index (χ4v) is 4.10. The Hall–Kier alpha value is -1.10. The number of carbonyl (C=O) groups excluding carboxylic acids is 2. The molecular formula is C24H44O5. The molecule has 0 radical (unpaired) electrons. The minimum atomic E-state index is -0.592. The monoisotopic (exact) mass is 412 g/mol. The Morgan fingerprint density at radius 3 is 1.76 bits per heavy atom. The van der Waals surface area contributed by atoms with Crippen LogP contribution in [0.4, 0.5) is 0 Å². The van der Waals surface area contributed by atoms with Gasteiger partial charge in [-0.2, -0.15) is 0 Å². The zero-order valence-electron chi connectivity index (χ0n) is 19.2. The van der Waals surface area contributed by atoms with Crippen molar-refractivity contribution in [1.29, 1.82) is 0 Å². The van der Waals surface area contributed by atoms with E-state index < -0.39 is 17.9 Å². The van der Waals surface area contributed by atoms with Crippen molar-refractivity contribution >= 4 is 11.9 Å². The van der Waals surface area contributed by atoms with Crippen molar-refractivity contribution in [2.45, 2.75) is 104 Å². The topological polar surface area (TPSA) is 72.8 Å². The molecular weight excluding hydrogens is 368 g/mol. The highest BCUT2D eigenvalue weighted by Crippen LogP contribution is 2.33. The molecule has 1 N–H and O–H groups in total. The van der Waals surface area contributed by atoms with E-state index in [2.05, 4.69) is 27.7 Å². The third-order valence-corrected chi connectivity index (χ3v) is 6.44. The summed E-state index contributed by atoms with van der Waals surface area (Å²) in [6.45, 7) is 9.37. The highest BCUT2D eigenvalue weighted by Gasteiger charge is 2.41. The fourth-order valence-electron chi connectivity index (χ4n) is 4.10. The van der Waals surface area contributed by atoms with E-state index in [4.69, 9.17) is 9.47 Å². The molecule has 0 aromatic heterocycles. The van der Waals surface area contributed by atoms with Gasteiger partial charge >= 0.3 is 11.9 Å². The standard InChI is InChI=1S/C24H44O5/c1-5-9-11-18(7-3)16-28-23(26)21-14-13-20(25)15-22(21)24(27)29-17-19(8-4)12-10-6-2/h18-22,25H,5-17H2,1-4H3. The van der Waals surface area contributed by atoms with Crippen LogP contribution in [0.3, 0.4) is 0 Å². The zero-order chi connectivity index (χ0) is 21.6. The maximum atomic E-state index is 12.7. The number of hydrogen-bond acceptors (Lipinski definition) is 5. The lowest BCUT2D eigenvalue weighted by Gasteiger charge is -2.32. The summed E-state index contributed by atoms with van der Waals surface area (Å²) in [5.41, 5.74) is 0. The molecule has 0 saturated heterocycles. The Bertz CT molecular complexity index is 464. The normalized spacial score (nSPS) is 24.0. The lowest BCUT2D eigenvalue weighted by molar-refractivity contribution is -0.166. The molecule has 1 aliphatic carbocycles. The van der Waals surface area contributed by atoms with E-state index in [1.807, 2.05) is 0 Å². The fraction of sp³-hybridized carbons (Fsp3) is 0.917. The molecule has 1 aliphatic rings. The highest BCUT2D eigenvalue weighted by molar-refractivity contribution is 5.82. The van der Waals surface area contributed by atoms with E-state index in [9.17, 15) is 14.7 Å². The Morgan fingerprint density at radius 2 is 1.31 bits per heavy atom. The summed E-state index contributed by atoms with van der Waals surface area (Å²) in [5.74, 6) is -0.995. The molecule has 5 unspecified atom stereocenters. The molecule has 0 bridgehead atoms. The van der Waals surface area contributed by atoms with Crippen LogP contribution in [0, 0.1) is 23.7 Å². The van der Waals surface area contributed by atoms with Gasteiger partial charge in [0.2, 0.25) is 0 Å². The Labute approximate surface area is 177 Å². The van der Waals surface area contributed by atoms with Gasteiger partial charge in [0.05, 0.1) is 31.2 Å². The molecule has 0 amide bonds. The van der Waals surface area contributed by atoms with Crippen LogP contribution >= 0.6 is 0 Å². The second-order valence-electron chi connectivity index (χ2n) is 8.77. The van der Waals surface area contributed by atoms with Crippen molar-refractivity contribution in [2.75, 3.05) is 13.2 Å². The lowest BCUT2D eigenvalue weighted by atomic mass is 9.78. The average molecular weight is 413 g/mol. The van der Waals surface area contributed by atoms with E-state index in [0.29, 0.717) is 37.9 Å². The van der Waals surface area contributed by atoms with Crippen LogP contribution in [0.2, 0.25) is 0 Å². The van der Waals surface area contributed by atoms with Crippen LogP contribution in [-0.2, 0) is 19.1 Å². The third-order valence-electron chi connectivity index (χ3n) is 6.44. The van der Waals surface area contributed by atoms with Crippen molar-refractivity contribution < 1.29 is 24.2 Å². The summed E-state index contributed by atoms with van der Waals surface area (Å²) >= 11 is 0. The first-order valence-electron chi connectivity index (χ1n) is 12.0. The number of aliphatic hydroxyl groups is 1. The number of carbonyl (C=O) groups is 2. The number of rotatable bonds is 14. The molecule has 0 heterocycles. The van der Waals surface area contributed by atoms with Crippen molar-refractivity contribution in [3.8, 4) is 0 Å². The SMILES string of the molecule is CCCCC(CC)COC(=O)C1CCC(O)CC1C(=O)OCC(CC)CCCC. The second kappa shape index (κ2) is 14.8. The van der Waals surface area contributed by atoms with Gasteiger partial charge in [-0.25, -0.2) is 0 Å². The first-order chi connectivity index (χ1) is 14.0. The first-order valence-corrected chi connectivity index (χ1v) is 12.0. The second-order valence-corrected chi connectivity index (χ2v) is 8.77. The summed E-state index contributed by atoms with van der Waals surface area (Å²) in [5, 5.41) is 10.1. The molecule has 0 aromatic carbocycles. The molecule has 0 aromatic rings. The first kappa shape index (κ1) is 25.9. The van der Waals surface area contributed by atoms with Gasteiger partial charge in [-0.05, 0) is 43.9 Å². The molecule has 0 spiro atoms. The lowest BCUT2D eigenvalue weighted by Crippen LogP contribution is -2.40. The molecule has 1 rings (SSSR count). The largest absolute Gasteiger partial charge is 0.465 e. The number of ether oxygens (including phenoxy) is 2. The molecule has 5 nitrogen and oxygen atoms in total. The van der Waals surface area contributed by atoms with Gasteiger partial charge in [0, 0.05) is 0 Å². The van der Waals surface area contributed by atoms with Gasteiger partial charge < -0.3 is 14.6 Å². The summed E-state index contributed by atoms with van der Waals surface area (Å²) in [7, 11) is 0. The van der Waals surface area contributed by atoms with Gasteiger partial charge in [0.15, 0.2) is 0 Å². The average Bonchev–Trinajstić information content (AvgIpc) is 2.73. The van der Waals surface area contributed by atoms with Gasteiger partial charge in [0.25, 0.3) is 0 Å². The molecule has 29 heavy (non-hydrogen) atoms. The third kappa shape index (κ3) is 9.50. The van der Waals surface area contributed by atoms with Crippen molar-refractivity contribution in [2.24, 2.45) is 23.7 Å². The Morgan fingerprint density at radius 1 is 0.828 bits per heavy atom. The van der Waals surface area contributed by atoms with Crippen LogP contribution in [-0.4, -0.2) is 36.4 Å². The van der Waals surface area contributed by atoms with Crippen molar-refractivity contribution in [1.82, 2.24) is 0 Å². The minimum Gasteiger partial charge on any atom is -0.465 e.